The molecule has 0 fully saturated rings. The van der Waals surface area contributed by atoms with E-state index in [4.69, 9.17) is 0 Å². The highest BCUT2D eigenvalue weighted by Crippen LogP contribution is 2.24. The summed E-state index contributed by atoms with van der Waals surface area (Å²) in [5.41, 5.74) is 0.724. The predicted octanol–water partition coefficient (Wildman–Crippen LogP) is 4.11. The maximum atomic E-state index is 13.4. The zero-order chi connectivity index (χ0) is 10.6. The molecule has 0 aliphatic rings. The van der Waals surface area contributed by atoms with Gasteiger partial charge in [-0.05, 0) is 36.6 Å². The van der Waals surface area contributed by atoms with Crippen LogP contribution in [0.15, 0.2) is 22.7 Å². The van der Waals surface area contributed by atoms with Gasteiger partial charge in [0, 0.05) is 10.9 Å². The first-order chi connectivity index (χ1) is 6.65. The summed E-state index contributed by atoms with van der Waals surface area (Å²) in [7, 11) is 0. The molecule has 2 heteroatoms. The minimum absolute atomic E-state index is 0.139. The Morgan fingerprint density at radius 2 is 2.21 bits per heavy atom. The summed E-state index contributed by atoms with van der Waals surface area (Å²) < 4.78 is 14.3. The van der Waals surface area contributed by atoms with E-state index in [2.05, 4.69) is 27.8 Å². The largest absolute Gasteiger partial charge is 0.207 e. The Balaban J connectivity index is 2.91. The molecule has 0 saturated carbocycles. The van der Waals surface area contributed by atoms with E-state index in [1.165, 1.54) is 6.07 Å². The van der Waals surface area contributed by atoms with Gasteiger partial charge in [0.15, 0.2) is 0 Å². The highest BCUT2D eigenvalue weighted by molar-refractivity contribution is 9.10. The van der Waals surface area contributed by atoms with Crippen LogP contribution in [0, 0.1) is 17.7 Å². The summed E-state index contributed by atoms with van der Waals surface area (Å²) in [4.78, 5) is 0. The molecule has 14 heavy (non-hydrogen) atoms. The Labute approximate surface area is 92.7 Å². The fourth-order valence-electron chi connectivity index (χ4n) is 1.26. The third kappa shape index (κ3) is 2.85. The average molecular weight is 255 g/mol. The zero-order valence-corrected chi connectivity index (χ0v) is 9.86. The number of rotatable bonds is 2. The summed E-state index contributed by atoms with van der Waals surface area (Å²) >= 11 is 3.33. The lowest BCUT2D eigenvalue weighted by Crippen LogP contribution is -1.96. The molecule has 0 saturated heterocycles. The van der Waals surface area contributed by atoms with Crippen LogP contribution >= 0.6 is 15.9 Å². The first kappa shape index (κ1) is 11.3. The minimum atomic E-state index is -0.154. The van der Waals surface area contributed by atoms with Crippen molar-refractivity contribution in [3.05, 3.63) is 34.1 Å². The average Bonchev–Trinajstić information content (AvgIpc) is 2.18. The SMILES string of the molecule is CC#CCC(C)c1cc(Br)ccc1F. The maximum Gasteiger partial charge on any atom is 0.126 e. The van der Waals surface area contributed by atoms with E-state index in [0.29, 0.717) is 6.42 Å². The zero-order valence-electron chi connectivity index (χ0n) is 8.27. The third-order valence-corrected chi connectivity index (χ3v) is 2.57. The van der Waals surface area contributed by atoms with Gasteiger partial charge in [0.25, 0.3) is 0 Å². The molecular formula is C12H12BrF. The Kier molecular flexibility index (Phi) is 4.16. The molecule has 1 aromatic carbocycles. The van der Waals surface area contributed by atoms with Gasteiger partial charge in [-0.3, -0.25) is 0 Å². The van der Waals surface area contributed by atoms with Crippen molar-refractivity contribution in [3.63, 3.8) is 0 Å². The van der Waals surface area contributed by atoms with Crippen molar-refractivity contribution in [2.75, 3.05) is 0 Å². The fourth-order valence-corrected chi connectivity index (χ4v) is 1.64. The van der Waals surface area contributed by atoms with Crippen LogP contribution in [0.25, 0.3) is 0 Å². The van der Waals surface area contributed by atoms with E-state index >= 15 is 0 Å². The second-order valence-corrected chi connectivity index (χ2v) is 4.11. The first-order valence-electron chi connectivity index (χ1n) is 4.49. The second kappa shape index (κ2) is 5.17. The highest BCUT2D eigenvalue weighted by atomic mass is 79.9. The monoisotopic (exact) mass is 254 g/mol. The van der Waals surface area contributed by atoms with Crippen molar-refractivity contribution in [3.8, 4) is 11.8 Å². The summed E-state index contributed by atoms with van der Waals surface area (Å²) in [6, 6.07) is 5.00. The van der Waals surface area contributed by atoms with Crippen LogP contribution in [0.1, 0.15) is 31.7 Å². The second-order valence-electron chi connectivity index (χ2n) is 3.20. The summed E-state index contributed by atoms with van der Waals surface area (Å²) in [6.07, 6.45) is 0.698. The quantitative estimate of drug-likeness (QED) is 0.698. The molecule has 0 amide bonds. The molecular weight excluding hydrogens is 243 g/mol. The summed E-state index contributed by atoms with van der Waals surface area (Å²) in [6.45, 7) is 3.78. The number of hydrogen-bond donors (Lipinski definition) is 0. The molecule has 0 N–H and O–H groups in total. The first-order valence-corrected chi connectivity index (χ1v) is 5.29. The molecule has 0 radical (unpaired) electrons. The standard InChI is InChI=1S/C12H12BrF/c1-3-4-5-9(2)11-8-10(13)6-7-12(11)14/h6-9H,5H2,1-2H3. The van der Waals surface area contributed by atoms with Gasteiger partial charge in [-0.15, -0.1) is 11.8 Å². The molecule has 1 atom stereocenters. The van der Waals surface area contributed by atoms with E-state index in [9.17, 15) is 4.39 Å². The lowest BCUT2D eigenvalue weighted by molar-refractivity contribution is 0.591. The van der Waals surface area contributed by atoms with Gasteiger partial charge in [-0.2, -0.15) is 0 Å². The number of benzene rings is 1. The molecule has 1 rings (SSSR count). The molecule has 0 nitrogen and oxygen atoms in total. The van der Waals surface area contributed by atoms with Crippen LogP contribution in [-0.2, 0) is 0 Å². The van der Waals surface area contributed by atoms with Crippen molar-refractivity contribution in [1.82, 2.24) is 0 Å². The van der Waals surface area contributed by atoms with Crippen molar-refractivity contribution < 1.29 is 4.39 Å². The molecule has 0 heterocycles. The van der Waals surface area contributed by atoms with Crippen LogP contribution in [-0.4, -0.2) is 0 Å². The van der Waals surface area contributed by atoms with E-state index in [-0.39, 0.29) is 11.7 Å². The van der Waals surface area contributed by atoms with Crippen LogP contribution < -0.4 is 0 Å². The van der Waals surface area contributed by atoms with Crippen LogP contribution in [0.3, 0.4) is 0 Å². The van der Waals surface area contributed by atoms with Crippen LogP contribution in [0.5, 0.6) is 0 Å². The normalized spacial score (nSPS) is 11.7. The molecule has 0 bridgehead atoms. The van der Waals surface area contributed by atoms with E-state index in [1.54, 1.807) is 13.0 Å². The Hall–Kier alpha value is -0.810. The molecule has 74 valence electrons. The molecule has 0 spiro atoms. The Morgan fingerprint density at radius 3 is 2.86 bits per heavy atom. The van der Waals surface area contributed by atoms with Gasteiger partial charge in [-0.25, -0.2) is 4.39 Å². The van der Waals surface area contributed by atoms with Gasteiger partial charge < -0.3 is 0 Å². The fraction of sp³-hybridized carbons (Fsp3) is 0.333. The highest BCUT2D eigenvalue weighted by Gasteiger charge is 2.09. The maximum absolute atomic E-state index is 13.4. The summed E-state index contributed by atoms with van der Waals surface area (Å²) in [5, 5.41) is 0. The number of halogens is 2. The molecule has 0 aromatic heterocycles. The van der Waals surface area contributed by atoms with Crippen LogP contribution in [0.2, 0.25) is 0 Å². The Morgan fingerprint density at radius 1 is 1.50 bits per heavy atom. The lowest BCUT2D eigenvalue weighted by Gasteiger charge is -2.09. The molecule has 1 unspecified atom stereocenters. The smallest absolute Gasteiger partial charge is 0.126 e. The Bertz CT molecular complexity index is 374. The van der Waals surface area contributed by atoms with E-state index < -0.39 is 0 Å². The van der Waals surface area contributed by atoms with Gasteiger partial charge in [0.2, 0.25) is 0 Å². The van der Waals surface area contributed by atoms with E-state index in [1.807, 2.05) is 13.0 Å². The van der Waals surface area contributed by atoms with Crippen molar-refractivity contribution in [2.24, 2.45) is 0 Å². The van der Waals surface area contributed by atoms with Crippen LogP contribution in [0.4, 0.5) is 4.39 Å². The van der Waals surface area contributed by atoms with Gasteiger partial charge in [-0.1, -0.05) is 22.9 Å². The molecule has 0 aliphatic heterocycles. The van der Waals surface area contributed by atoms with Gasteiger partial charge >= 0.3 is 0 Å². The summed E-state index contributed by atoms with van der Waals surface area (Å²) in [5.74, 6) is 5.76. The molecule has 0 aliphatic carbocycles. The topological polar surface area (TPSA) is 0 Å². The van der Waals surface area contributed by atoms with Gasteiger partial charge in [0.05, 0.1) is 0 Å². The van der Waals surface area contributed by atoms with E-state index in [0.717, 1.165) is 10.0 Å². The van der Waals surface area contributed by atoms with Crippen molar-refractivity contribution >= 4 is 15.9 Å². The van der Waals surface area contributed by atoms with Crippen molar-refractivity contribution in [1.29, 1.82) is 0 Å². The third-order valence-electron chi connectivity index (χ3n) is 2.07. The molecule has 1 aromatic rings. The lowest BCUT2D eigenvalue weighted by atomic mass is 9.98. The van der Waals surface area contributed by atoms with Crippen molar-refractivity contribution in [2.45, 2.75) is 26.2 Å². The van der Waals surface area contributed by atoms with Gasteiger partial charge in [0.1, 0.15) is 5.82 Å². The number of hydrogen-bond acceptors (Lipinski definition) is 0. The minimum Gasteiger partial charge on any atom is -0.207 e. The predicted molar refractivity (Wildman–Crippen MR) is 60.6 cm³/mol.